The number of nitrogens with one attached hydrogen (secondary N) is 1. The van der Waals surface area contributed by atoms with Crippen molar-refractivity contribution in [2.24, 2.45) is 0 Å². The lowest BCUT2D eigenvalue weighted by atomic mass is 10.1. The summed E-state index contributed by atoms with van der Waals surface area (Å²) < 4.78 is 5.19. The molecule has 2 unspecified atom stereocenters. The van der Waals surface area contributed by atoms with Gasteiger partial charge < -0.3 is 15.0 Å². The molecule has 106 valence electrons. The zero-order valence-corrected chi connectivity index (χ0v) is 12.1. The van der Waals surface area contributed by atoms with Crippen LogP contribution in [0.4, 0.5) is 0 Å². The lowest BCUT2D eigenvalue weighted by molar-refractivity contribution is -0.138. The molecule has 1 amide bonds. The first-order chi connectivity index (χ1) is 8.61. The van der Waals surface area contributed by atoms with Crippen molar-refractivity contribution in [2.45, 2.75) is 32.9 Å². The smallest absolute Gasteiger partial charge is 0.239 e. The highest BCUT2D eigenvalue weighted by Crippen LogP contribution is 2.09. The molecule has 2 atom stereocenters. The van der Waals surface area contributed by atoms with Gasteiger partial charge >= 0.3 is 0 Å². The lowest BCUT2D eigenvalue weighted by Crippen LogP contribution is -2.55. The maximum absolute atomic E-state index is 12.4. The first-order valence-corrected chi connectivity index (χ1v) is 6.86. The molecule has 0 radical (unpaired) electrons. The molecule has 0 spiro atoms. The fourth-order valence-corrected chi connectivity index (χ4v) is 2.60. The Hall–Kier alpha value is -0.650. The van der Waals surface area contributed by atoms with Gasteiger partial charge in [0.05, 0.1) is 12.6 Å². The number of ether oxygens (including phenoxy) is 1. The van der Waals surface area contributed by atoms with Gasteiger partial charge in [0.15, 0.2) is 0 Å². The van der Waals surface area contributed by atoms with Gasteiger partial charge in [-0.2, -0.15) is 0 Å². The van der Waals surface area contributed by atoms with Crippen LogP contribution in [0.2, 0.25) is 0 Å². The van der Waals surface area contributed by atoms with Crippen molar-refractivity contribution in [3.8, 4) is 0 Å². The second-order valence-corrected chi connectivity index (χ2v) is 4.89. The molecule has 18 heavy (non-hydrogen) atoms. The van der Waals surface area contributed by atoms with Crippen LogP contribution in [0.3, 0.4) is 0 Å². The molecule has 0 aliphatic carbocycles. The summed E-state index contributed by atoms with van der Waals surface area (Å²) in [6, 6.07) is 0.195. The highest BCUT2D eigenvalue weighted by Gasteiger charge is 2.28. The summed E-state index contributed by atoms with van der Waals surface area (Å²) in [6.45, 7) is 11.2. The van der Waals surface area contributed by atoms with Gasteiger partial charge in [0.1, 0.15) is 0 Å². The predicted octanol–water partition coefficient (Wildman–Crippen LogP) is 0.164. The van der Waals surface area contributed by atoms with Crippen molar-refractivity contribution < 1.29 is 9.53 Å². The van der Waals surface area contributed by atoms with E-state index in [2.05, 4.69) is 24.1 Å². The number of carbonyl (C=O) groups excluding carboxylic acids is 1. The van der Waals surface area contributed by atoms with Crippen LogP contribution in [0.25, 0.3) is 0 Å². The molecule has 0 aromatic rings. The zero-order chi connectivity index (χ0) is 13.5. The lowest BCUT2D eigenvalue weighted by Gasteiger charge is -2.37. The molecule has 5 nitrogen and oxygen atoms in total. The van der Waals surface area contributed by atoms with Crippen LogP contribution >= 0.6 is 0 Å². The Morgan fingerprint density at radius 3 is 2.50 bits per heavy atom. The third-order valence-electron chi connectivity index (χ3n) is 3.62. The monoisotopic (exact) mass is 257 g/mol. The van der Waals surface area contributed by atoms with Crippen molar-refractivity contribution in [3.63, 3.8) is 0 Å². The number of piperazine rings is 1. The molecule has 1 fully saturated rings. The highest BCUT2D eigenvalue weighted by atomic mass is 16.5. The van der Waals surface area contributed by atoms with Crippen molar-refractivity contribution >= 4 is 5.91 Å². The standard InChI is InChI=1S/C13H27N3O2/c1-5-16(11(2)10-18-4)12(3)13(17)15-8-6-14-7-9-15/h11-12,14H,5-10H2,1-4H3. The average molecular weight is 257 g/mol. The topological polar surface area (TPSA) is 44.8 Å². The van der Waals surface area contributed by atoms with Gasteiger partial charge in [0, 0.05) is 39.3 Å². The van der Waals surface area contributed by atoms with E-state index in [1.54, 1.807) is 7.11 Å². The molecule has 0 saturated carbocycles. The molecule has 0 bridgehead atoms. The number of hydrogen-bond donors (Lipinski definition) is 1. The Morgan fingerprint density at radius 2 is 2.00 bits per heavy atom. The number of hydrogen-bond acceptors (Lipinski definition) is 4. The fraction of sp³-hybridized carbons (Fsp3) is 0.923. The molecule has 1 heterocycles. The first-order valence-electron chi connectivity index (χ1n) is 6.86. The Morgan fingerprint density at radius 1 is 1.39 bits per heavy atom. The molecular formula is C13H27N3O2. The van der Waals surface area contributed by atoms with Gasteiger partial charge in [0.25, 0.3) is 0 Å². The summed E-state index contributed by atoms with van der Waals surface area (Å²) in [5, 5.41) is 3.27. The van der Waals surface area contributed by atoms with E-state index in [1.807, 2.05) is 11.8 Å². The van der Waals surface area contributed by atoms with Crippen LogP contribution in [-0.4, -0.2) is 74.2 Å². The van der Waals surface area contributed by atoms with Crippen molar-refractivity contribution in [3.05, 3.63) is 0 Å². The highest BCUT2D eigenvalue weighted by molar-refractivity contribution is 5.81. The van der Waals surface area contributed by atoms with Crippen LogP contribution in [0.1, 0.15) is 20.8 Å². The van der Waals surface area contributed by atoms with Crippen LogP contribution in [0.5, 0.6) is 0 Å². The fourth-order valence-electron chi connectivity index (χ4n) is 2.60. The maximum Gasteiger partial charge on any atom is 0.239 e. The van der Waals surface area contributed by atoms with Gasteiger partial charge in [-0.15, -0.1) is 0 Å². The van der Waals surface area contributed by atoms with Crippen LogP contribution < -0.4 is 5.32 Å². The molecule has 1 aliphatic rings. The van der Waals surface area contributed by atoms with Gasteiger partial charge in [-0.25, -0.2) is 0 Å². The normalized spacial score (nSPS) is 19.9. The van der Waals surface area contributed by atoms with Crippen molar-refractivity contribution in [2.75, 3.05) is 46.4 Å². The van der Waals surface area contributed by atoms with Gasteiger partial charge in [-0.05, 0) is 20.4 Å². The first kappa shape index (κ1) is 15.4. The third kappa shape index (κ3) is 3.93. The van der Waals surface area contributed by atoms with Crippen molar-refractivity contribution in [1.29, 1.82) is 0 Å². The number of amides is 1. The largest absolute Gasteiger partial charge is 0.383 e. The SMILES string of the molecule is CCN(C(C)COC)C(C)C(=O)N1CCNCC1. The van der Waals surface area contributed by atoms with Gasteiger partial charge in [0.2, 0.25) is 5.91 Å². The number of nitrogens with zero attached hydrogens (tertiary/aromatic N) is 2. The summed E-state index contributed by atoms with van der Waals surface area (Å²) in [7, 11) is 1.70. The van der Waals surface area contributed by atoms with E-state index in [-0.39, 0.29) is 18.0 Å². The molecule has 1 aliphatic heterocycles. The average Bonchev–Trinajstić information content (AvgIpc) is 2.40. The maximum atomic E-state index is 12.4. The molecule has 1 N–H and O–H groups in total. The predicted molar refractivity (Wildman–Crippen MR) is 72.6 cm³/mol. The number of methoxy groups -OCH3 is 1. The molecule has 0 aromatic carbocycles. The van der Waals surface area contributed by atoms with Crippen LogP contribution in [0, 0.1) is 0 Å². The number of carbonyl (C=O) groups is 1. The van der Waals surface area contributed by atoms with E-state index in [0.717, 1.165) is 32.7 Å². The summed E-state index contributed by atoms with van der Waals surface area (Å²) in [4.78, 5) is 16.6. The molecule has 0 aromatic heterocycles. The van der Waals surface area contributed by atoms with E-state index in [1.165, 1.54) is 0 Å². The quantitative estimate of drug-likeness (QED) is 0.736. The summed E-state index contributed by atoms with van der Waals surface area (Å²) in [5.74, 6) is 0.237. The van der Waals surface area contributed by atoms with Crippen LogP contribution in [0.15, 0.2) is 0 Å². The van der Waals surface area contributed by atoms with E-state index < -0.39 is 0 Å². The second-order valence-electron chi connectivity index (χ2n) is 4.89. The minimum absolute atomic E-state index is 0.0711. The number of likely N-dealkylation sites (N-methyl/N-ethyl adjacent to an activating group) is 1. The van der Waals surface area contributed by atoms with E-state index >= 15 is 0 Å². The minimum atomic E-state index is -0.0711. The van der Waals surface area contributed by atoms with Crippen LogP contribution in [-0.2, 0) is 9.53 Å². The van der Waals surface area contributed by atoms with Crippen molar-refractivity contribution in [1.82, 2.24) is 15.1 Å². The molecule has 1 rings (SSSR count). The third-order valence-corrected chi connectivity index (χ3v) is 3.62. The second kappa shape index (κ2) is 7.71. The van der Waals surface area contributed by atoms with E-state index in [4.69, 9.17) is 4.74 Å². The van der Waals surface area contributed by atoms with Gasteiger partial charge in [-0.1, -0.05) is 6.92 Å². The summed E-state index contributed by atoms with van der Waals surface area (Å²) >= 11 is 0. The number of rotatable bonds is 6. The van der Waals surface area contributed by atoms with Gasteiger partial charge in [-0.3, -0.25) is 9.69 Å². The zero-order valence-electron chi connectivity index (χ0n) is 12.1. The Labute approximate surface area is 110 Å². The summed E-state index contributed by atoms with van der Waals surface area (Å²) in [6.07, 6.45) is 0. The molecule has 1 saturated heterocycles. The minimum Gasteiger partial charge on any atom is -0.383 e. The van der Waals surface area contributed by atoms with E-state index in [0.29, 0.717) is 6.61 Å². The summed E-state index contributed by atoms with van der Waals surface area (Å²) in [5.41, 5.74) is 0. The Balaban J connectivity index is 2.58. The molecular weight excluding hydrogens is 230 g/mol. The Bertz CT molecular complexity index is 255. The molecule has 5 heteroatoms. The Kier molecular flexibility index (Phi) is 6.60. The van der Waals surface area contributed by atoms with E-state index in [9.17, 15) is 4.79 Å².